The number of anilines is 1. The quantitative estimate of drug-likeness (QED) is 0.513. The zero-order chi connectivity index (χ0) is 24.1. The van der Waals surface area contributed by atoms with E-state index in [1.807, 2.05) is 0 Å². The number of halogens is 3. The van der Waals surface area contributed by atoms with Crippen LogP contribution in [0.3, 0.4) is 0 Å². The van der Waals surface area contributed by atoms with Crippen molar-refractivity contribution in [1.29, 1.82) is 0 Å². The minimum Gasteiger partial charge on any atom is -0.351 e. The fourth-order valence-electron chi connectivity index (χ4n) is 4.20. The van der Waals surface area contributed by atoms with Crippen LogP contribution in [0.2, 0.25) is 0 Å². The number of carbonyl (C=O) groups is 2. The maximum Gasteiger partial charge on any atom is 0.416 e. The van der Waals surface area contributed by atoms with Crippen LogP contribution in [0.15, 0.2) is 36.5 Å². The number of benzene rings is 1. The molecular formula is C23H26F3N5O2S. The molecule has 34 heavy (non-hydrogen) atoms. The summed E-state index contributed by atoms with van der Waals surface area (Å²) in [5.41, 5.74) is 0.965. The van der Waals surface area contributed by atoms with Crippen LogP contribution in [-0.4, -0.2) is 45.0 Å². The summed E-state index contributed by atoms with van der Waals surface area (Å²) in [6, 6.07) is 7.70. The van der Waals surface area contributed by atoms with Crippen LogP contribution in [0.1, 0.15) is 42.5 Å². The van der Waals surface area contributed by atoms with Crippen LogP contribution in [0, 0.1) is 0 Å². The maximum atomic E-state index is 12.7. The maximum absolute atomic E-state index is 12.7. The smallest absolute Gasteiger partial charge is 0.351 e. The number of thioether (sulfide) groups is 1. The van der Waals surface area contributed by atoms with Gasteiger partial charge in [0.1, 0.15) is 0 Å². The van der Waals surface area contributed by atoms with Crippen molar-refractivity contribution in [2.75, 3.05) is 11.9 Å². The Balaban J connectivity index is 1.18. The van der Waals surface area contributed by atoms with Crippen molar-refractivity contribution in [3.8, 4) is 0 Å². The van der Waals surface area contributed by atoms with Crippen molar-refractivity contribution < 1.29 is 22.8 Å². The molecule has 1 unspecified atom stereocenters. The van der Waals surface area contributed by atoms with Crippen LogP contribution in [-0.2, 0) is 23.8 Å². The highest BCUT2D eigenvalue weighted by molar-refractivity contribution is 8.15. The van der Waals surface area contributed by atoms with Gasteiger partial charge in [0.25, 0.3) is 5.24 Å². The van der Waals surface area contributed by atoms with E-state index in [0.29, 0.717) is 37.1 Å². The van der Waals surface area contributed by atoms with Crippen molar-refractivity contribution in [2.24, 2.45) is 0 Å². The van der Waals surface area contributed by atoms with E-state index in [0.717, 1.165) is 55.1 Å². The van der Waals surface area contributed by atoms with E-state index in [2.05, 4.69) is 25.9 Å². The number of nitrogens with one attached hydrogen (secondary N) is 3. The standard InChI is InChI=1S/C23H26F3N5O2S/c24-23(25,26)15-3-1-14(2-4-15)9-11-27-16-5-7-17(8-6-16)29-21-28-12-10-18(30-21)13-19-20(32)31-22(33)34-19/h1-4,10,12,16-17,19,27H,5-9,11,13H2,(H,28,29,30)(H,31,32,33)/t16-,17-,19?. The van der Waals surface area contributed by atoms with Crippen molar-refractivity contribution in [3.05, 3.63) is 53.3 Å². The third-order valence-corrected chi connectivity index (χ3v) is 7.04. The summed E-state index contributed by atoms with van der Waals surface area (Å²) in [4.78, 5) is 31.9. The molecule has 3 N–H and O–H groups in total. The molecule has 11 heteroatoms. The largest absolute Gasteiger partial charge is 0.416 e. The summed E-state index contributed by atoms with van der Waals surface area (Å²) in [6.07, 6.45) is 2.24. The molecule has 2 heterocycles. The van der Waals surface area contributed by atoms with Crippen LogP contribution in [0.4, 0.5) is 23.9 Å². The molecular weight excluding hydrogens is 467 g/mol. The summed E-state index contributed by atoms with van der Waals surface area (Å²) in [7, 11) is 0. The number of carbonyl (C=O) groups excluding carboxylic acids is 2. The van der Waals surface area contributed by atoms with Gasteiger partial charge in [0.05, 0.1) is 10.8 Å². The molecule has 1 aromatic carbocycles. The lowest BCUT2D eigenvalue weighted by molar-refractivity contribution is -0.137. The Bertz CT molecular complexity index is 1010. The minimum atomic E-state index is -4.30. The molecule has 4 rings (SSSR count). The van der Waals surface area contributed by atoms with Gasteiger partial charge in [-0.05, 0) is 62.4 Å². The van der Waals surface area contributed by atoms with Crippen molar-refractivity contribution in [1.82, 2.24) is 20.6 Å². The van der Waals surface area contributed by atoms with Gasteiger partial charge < -0.3 is 10.6 Å². The Hall–Kier alpha value is -2.66. The van der Waals surface area contributed by atoms with Crippen LogP contribution < -0.4 is 16.0 Å². The second-order valence-corrected chi connectivity index (χ2v) is 9.73. The lowest BCUT2D eigenvalue weighted by Crippen LogP contribution is -2.38. The molecule has 2 aromatic rings. The number of hydrogen-bond acceptors (Lipinski definition) is 7. The number of rotatable bonds is 8. The Morgan fingerprint density at radius 1 is 1.03 bits per heavy atom. The molecule has 182 valence electrons. The fraction of sp³-hybridized carbons (Fsp3) is 0.478. The van der Waals surface area contributed by atoms with Gasteiger partial charge in [-0.15, -0.1) is 0 Å². The average Bonchev–Trinajstić information content (AvgIpc) is 3.11. The molecule has 7 nitrogen and oxygen atoms in total. The molecule has 0 radical (unpaired) electrons. The SMILES string of the molecule is O=C1NC(=O)C(Cc2ccnc(N[C@H]3CC[C@H](NCCc4ccc(C(F)(F)F)cc4)CC3)n2)S1. The number of aromatic nitrogens is 2. The summed E-state index contributed by atoms with van der Waals surface area (Å²) < 4.78 is 38.0. The van der Waals surface area contributed by atoms with Crippen LogP contribution in [0.25, 0.3) is 0 Å². The first-order valence-corrected chi connectivity index (χ1v) is 12.1. The van der Waals surface area contributed by atoms with Crippen LogP contribution >= 0.6 is 11.8 Å². The summed E-state index contributed by atoms with van der Waals surface area (Å²) in [6.45, 7) is 0.717. The summed E-state index contributed by atoms with van der Waals surface area (Å²) in [5, 5.41) is 8.37. The normalized spacial score (nSPS) is 23.1. The molecule has 1 aromatic heterocycles. The fourth-order valence-corrected chi connectivity index (χ4v) is 5.04. The average molecular weight is 494 g/mol. The minimum absolute atomic E-state index is 0.244. The number of amides is 2. The highest BCUT2D eigenvalue weighted by Gasteiger charge is 2.32. The predicted octanol–water partition coefficient (Wildman–Crippen LogP) is 3.94. The summed E-state index contributed by atoms with van der Waals surface area (Å²) >= 11 is 0.984. The van der Waals surface area contributed by atoms with Gasteiger partial charge in [-0.1, -0.05) is 23.9 Å². The molecule has 1 aliphatic carbocycles. The Labute approximate surface area is 199 Å². The number of alkyl halides is 3. The van der Waals surface area contributed by atoms with Gasteiger partial charge in [0.15, 0.2) is 0 Å². The molecule has 1 atom stereocenters. The molecule has 2 amide bonds. The van der Waals surface area contributed by atoms with E-state index < -0.39 is 17.0 Å². The molecule has 2 aliphatic rings. The number of imide groups is 1. The molecule has 2 fully saturated rings. The molecule has 0 spiro atoms. The summed E-state index contributed by atoms with van der Waals surface area (Å²) in [5.74, 6) is 0.234. The van der Waals surface area contributed by atoms with Crippen LogP contribution in [0.5, 0.6) is 0 Å². The molecule has 1 saturated carbocycles. The van der Waals surface area contributed by atoms with Crippen molar-refractivity contribution in [3.63, 3.8) is 0 Å². The monoisotopic (exact) mass is 493 g/mol. The van der Waals surface area contributed by atoms with E-state index >= 15 is 0 Å². The highest BCUT2D eigenvalue weighted by Crippen LogP contribution is 2.29. The second-order valence-electron chi connectivity index (χ2n) is 8.55. The molecule has 1 aliphatic heterocycles. The van der Waals surface area contributed by atoms with E-state index in [9.17, 15) is 22.8 Å². The molecule has 0 bridgehead atoms. The van der Waals surface area contributed by atoms with Gasteiger partial charge in [-0.2, -0.15) is 13.2 Å². The first kappa shape index (κ1) is 24.5. The third-order valence-electron chi connectivity index (χ3n) is 6.06. The second kappa shape index (κ2) is 10.7. The molecule has 1 saturated heterocycles. The van der Waals surface area contributed by atoms with Gasteiger partial charge >= 0.3 is 6.18 Å². The van der Waals surface area contributed by atoms with Crippen molar-refractivity contribution in [2.45, 2.75) is 62.0 Å². The van der Waals surface area contributed by atoms with Gasteiger partial charge in [0, 0.05) is 30.4 Å². The van der Waals surface area contributed by atoms with Gasteiger partial charge in [-0.3, -0.25) is 14.9 Å². The topological polar surface area (TPSA) is 96.0 Å². The predicted molar refractivity (Wildman–Crippen MR) is 123 cm³/mol. The first-order chi connectivity index (χ1) is 16.3. The number of nitrogens with zero attached hydrogens (tertiary/aromatic N) is 2. The third kappa shape index (κ3) is 6.69. The van der Waals surface area contributed by atoms with E-state index in [-0.39, 0.29) is 17.2 Å². The lowest BCUT2D eigenvalue weighted by Gasteiger charge is -2.30. The highest BCUT2D eigenvalue weighted by atomic mass is 32.2. The Kier molecular flexibility index (Phi) is 7.72. The Morgan fingerprint density at radius 3 is 2.38 bits per heavy atom. The van der Waals surface area contributed by atoms with E-state index in [1.54, 1.807) is 12.3 Å². The lowest BCUT2D eigenvalue weighted by atomic mass is 9.91. The zero-order valence-corrected chi connectivity index (χ0v) is 19.2. The Morgan fingerprint density at radius 2 is 1.74 bits per heavy atom. The zero-order valence-electron chi connectivity index (χ0n) is 18.4. The van der Waals surface area contributed by atoms with E-state index in [4.69, 9.17) is 0 Å². The number of hydrogen-bond donors (Lipinski definition) is 3. The van der Waals surface area contributed by atoms with Gasteiger partial charge in [0.2, 0.25) is 11.9 Å². The van der Waals surface area contributed by atoms with Crippen molar-refractivity contribution >= 4 is 28.9 Å². The first-order valence-electron chi connectivity index (χ1n) is 11.3. The van der Waals surface area contributed by atoms with Gasteiger partial charge in [-0.25, -0.2) is 9.97 Å². The van der Waals surface area contributed by atoms with E-state index in [1.165, 1.54) is 12.1 Å².